The number of carbonyl (C=O) groups excluding carboxylic acids is 1. The summed E-state index contributed by atoms with van der Waals surface area (Å²) in [5.74, 6) is 0.193. The fraction of sp³-hybridized carbons (Fsp3) is 0.190. The van der Waals surface area contributed by atoms with E-state index in [2.05, 4.69) is 15.3 Å². The van der Waals surface area contributed by atoms with E-state index < -0.39 is 0 Å². The van der Waals surface area contributed by atoms with E-state index >= 15 is 0 Å². The lowest BCUT2D eigenvalue weighted by Gasteiger charge is -2.13. The molecule has 0 aliphatic carbocycles. The average Bonchev–Trinajstić information content (AvgIpc) is 2.65. The van der Waals surface area contributed by atoms with E-state index in [-0.39, 0.29) is 17.9 Å². The van der Waals surface area contributed by atoms with Crippen molar-refractivity contribution in [1.82, 2.24) is 9.97 Å². The molecule has 27 heavy (non-hydrogen) atoms. The number of carbonyl (C=O) groups is 1. The lowest BCUT2D eigenvalue weighted by molar-refractivity contribution is -0.115. The number of halogens is 1. The number of hydrogen-bond acceptors (Lipinski definition) is 3. The number of nitrogens with one attached hydrogen (secondary N) is 2. The van der Waals surface area contributed by atoms with Gasteiger partial charge in [-0.15, -0.1) is 0 Å². The van der Waals surface area contributed by atoms with Crippen LogP contribution in [-0.2, 0) is 17.6 Å². The van der Waals surface area contributed by atoms with Gasteiger partial charge in [0.25, 0.3) is 5.56 Å². The molecule has 1 amide bonds. The number of H-pyrrole nitrogens is 1. The summed E-state index contributed by atoms with van der Waals surface area (Å²) >= 11 is 5.88. The van der Waals surface area contributed by atoms with E-state index in [4.69, 9.17) is 11.6 Å². The molecule has 0 bridgehead atoms. The van der Waals surface area contributed by atoms with Crippen LogP contribution >= 0.6 is 11.6 Å². The predicted molar refractivity (Wildman–Crippen MR) is 108 cm³/mol. The molecule has 0 unspecified atom stereocenters. The largest absolute Gasteiger partial charge is 0.325 e. The topological polar surface area (TPSA) is 74.8 Å². The number of benzene rings is 2. The molecule has 0 fully saturated rings. The maximum Gasteiger partial charge on any atom is 0.254 e. The van der Waals surface area contributed by atoms with Crippen molar-refractivity contribution in [3.05, 3.63) is 80.7 Å². The van der Waals surface area contributed by atoms with Crippen molar-refractivity contribution >= 4 is 23.2 Å². The summed E-state index contributed by atoms with van der Waals surface area (Å²) in [5.41, 5.74) is 3.61. The van der Waals surface area contributed by atoms with Gasteiger partial charge in [-0.1, -0.05) is 36.7 Å². The quantitative estimate of drug-likeness (QED) is 0.697. The van der Waals surface area contributed by atoms with E-state index in [1.54, 1.807) is 24.3 Å². The summed E-state index contributed by atoms with van der Waals surface area (Å²) in [6.07, 6.45) is 2.22. The number of anilines is 1. The SMILES string of the molecule is CCc1cccc(C)c1NC(=O)Cc1cnc(-c2ccc(Cl)cc2)[nH]c1=O. The molecule has 138 valence electrons. The molecule has 5 nitrogen and oxygen atoms in total. The summed E-state index contributed by atoms with van der Waals surface area (Å²) in [6.45, 7) is 3.98. The van der Waals surface area contributed by atoms with Gasteiger partial charge in [0, 0.05) is 28.0 Å². The van der Waals surface area contributed by atoms with Crippen molar-refractivity contribution < 1.29 is 4.79 Å². The van der Waals surface area contributed by atoms with Crippen LogP contribution in [-0.4, -0.2) is 15.9 Å². The highest BCUT2D eigenvalue weighted by Crippen LogP contribution is 2.21. The molecule has 0 spiro atoms. The average molecular weight is 382 g/mol. The Morgan fingerprint density at radius 3 is 2.56 bits per heavy atom. The van der Waals surface area contributed by atoms with Gasteiger partial charge in [-0.2, -0.15) is 0 Å². The summed E-state index contributed by atoms with van der Waals surface area (Å²) in [4.78, 5) is 31.8. The van der Waals surface area contributed by atoms with Gasteiger partial charge in [0.1, 0.15) is 5.82 Å². The zero-order chi connectivity index (χ0) is 19.4. The van der Waals surface area contributed by atoms with Gasteiger partial charge >= 0.3 is 0 Å². The number of para-hydroxylation sites is 1. The minimum Gasteiger partial charge on any atom is -0.325 e. The number of hydrogen-bond donors (Lipinski definition) is 2. The fourth-order valence-electron chi connectivity index (χ4n) is 2.86. The monoisotopic (exact) mass is 381 g/mol. The van der Waals surface area contributed by atoms with Gasteiger partial charge in [0.15, 0.2) is 0 Å². The Balaban J connectivity index is 1.77. The van der Waals surface area contributed by atoms with Crippen LogP contribution in [0.15, 0.2) is 53.5 Å². The number of rotatable bonds is 5. The molecule has 2 N–H and O–H groups in total. The third kappa shape index (κ3) is 4.44. The number of nitrogens with zero attached hydrogens (tertiary/aromatic N) is 1. The van der Waals surface area contributed by atoms with Crippen molar-refractivity contribution in [3.8, 4) is 11.4 Å². The second kappa shape index (κ2) is 8.18. The maximum absolute atomic E-state index is 12.4. The van der Waals surface area contributed by atoms with Crippen LogP contribution in [0, 0.1) is 6.92 Å². The summed E-state index contributed by atoms with van der Waals surface area (Å²) in [6, 6.07) is 12.9. The smallest absolute Gasteiger partial charge is 0.254 e. The molecule has 0 saturated carbocycles. The van der Waals surface area contributed by atoms with Gasteiger partial charge in [-0.05, 0) is 48.7 Å². The van der Waals surface area contributed by atoms with Crippen LogP contribution in [0.3, 0.4) is 0 Å². The van der Waals surface area contributed by atoms with E-state index in [0.29, 0.717) is 16.4 Å². The van der Waals surface area contributed by atoms with Crippen LogP contribution in [0.5, 0.6) is 0 Å². The van der Waals surface area contributed by atoms with Gasteiger partial charge < -0.3 is 10.3 Å². The van der Waals surface area contributed by atoms with E-state index in [1.165, 1.54) is 6.20 Å². The fourth-order valence-corrected chi connectivity index (χ4v) is 2.99. The number of aryl methyl sites for hydroxylation is 2. The molecule has 6 heteroatoms. The Kier molecular flexibility index (Phi) is 5.72. The molecular formula is C21H20ClN3O2. The molecule has 3 rings (SSSR count). The summed E-state index contributed by atoms with van der Waals surface area (Å²) < 4.78 is 0. The molecule has 1 heterocycles. The first kappa shape index (κ1) is 18.9. The highest BCUT2D eigenvalue weighted by atomic mass is 35.5. The molecule has 0 aliphatic heterocycles. The van der Waals surface area contributed by atoms with E-state index in [0.717, 1.165) is 28.8 Å². The Labute approximate surface area is 162 Å². The molecule has 3 aromatic rings. The number of aromatic amines is 1. The Morgan fingerprint density at radius 2 is 1.89 bits per heavy atom. The molecule has 2 aromatic carbocycles. The van der Waals surface area contributed by atoms with Crippen molar-refractivity contribution in [3.63, 3.8) is 0 Å². The second-order valence-corrected chi connectivity index (χ2v) is 6.72. The minimum atomic E-state index is -0.328. The van der Waals surface area contributed by atoms with Gasteiger partial charge in [-0.3, -0.25) is 9.59 Å². The molecule has 0 atom stereocenters. The highest BCUT2D eigenvalue weighted by molar-refractivity contribution is 6.30. The highest BCUT2D eigenvalue weighted by Gasteiger charge is 2.12. The van der Waals surface area contributed by atoms with E-state index in [1.807, 2.05) is 32.0 Å². The van der Waals surface area contributed by atoms with Crippen molar-refractivity contribution in [2.24, 2.45) is 0 Å². The minimum absolute atomic E-state index is 0.0410. The summed E-state index contributed by atoms with van der Waals surface area (Å²) in [7, 11) is 0. The third-order valence-electron chi connectivity index (χ3n) is 4.35. The lowest BCUT2D eigenvalue weighted by atomic mass is 10.1. The van der Waals surface area contributed by atoms with Crippen molar-refractivity contribution in [1.29, 1.82) is 0 Å². The molecule has 0 radical (unpaired) electrons. The first-order chi connectivity index (χ1) is 13.0. The second-order valence-electron chi connectivity index (χ2n) is 6.28. The van der Waals surface area contributed by atoms with Crippen LogP contribution < -0.4 is 10.9 Å². The first-order valence-corrected chi connectivity index (χ1v) is 9.08. The van der Waals surface area contributed by atoms with Crippen molar-refractivity contribution in [2.45, 2.75) is 26.7 Å². The van der Waals surface area contributed by atoms with Gasteiger partial charge in [-0.25, -0.2) is 4.98 Å². The van der Waals surface area contributed by atoms with Gasteiger partial charge in [0.05, 0.1) is 6.42 Å². The maximum atomic E-state index is 12.4. The standard InChI is InChI=1S/C21H20ClN3O2/c1-3-14-6-4-5-13(2)19(14)24-18(26)11-16-12-23-20(25-21(16)27)15-7-9-17(22)10-8-15/h4-10,12H,3,11H2,1-2H3,(H,24,26)(H,23,25,27). The zero-order valence-electron chi connectivity index (χ0n) is 15.2. The van der Waals surface area contributed by atoms with Crippen LogP contribution in [0.1, 0.15) is 23.6 Å². The Bertz CT molecular complexity index is 1030. The molecule has 0 aliphatic rings. The third-order valence-corrected chi connectivity index (χ3v) is 4.60. The normalized spacial score (nSPS) is 10.6. The first-order valence-electron chi connectivity index (χ1n) is 8.70. The predicted octanol–water partition coefficient (Wildman–Crippen LogP) is 4.14. The summed E-state index contributed by atoms with van der Waals surface area (Å²) in [5, 5.41) is 3.53. The number of aromatic nitrogens is 2. The van der Waals surface area contributed by atoms with Crippen LogP contribution in [0.4, 0.5) is 5.69 Å². The van der Waals surface area contributed by atoms with E-state index in [9.17, 15) is 9.59 Å². The molecule has 0 saturated heterocycles. The lowest BCUT2D eigenvalue weighted by Crippen LogP contribution is -2.22. The Hall–Kier alpha value is -2.92. The van der Waals surface area contributed by atoms with Crippen molar-refractivity contribution in [2.75, 3.05) is 5.32 Å². The number of amides is 1. The molecule has 1 aromatic heterocycles. The molecular weight excluding hydrogens is 362 g/mol. The van der Waals surface area contributed by atoms with Crippen LogP contribution in [0.2, 0.25) is 5.02 Å². The zero-order valence-corrected chi connectivity index (χ0v) is 15.9. The van der Waals surface area contributed by atoms with Gasteiger partial charge in [0.2, 0.25) is 5.91 Å². The Morgan fingerprint density at radius 1 is 1.15 bits per heavy atom. The van der Waals surface area contributed by atoms with Crippen LogP contribution in [0.25, 0.3) is 11.4 Å².